The number of rotatable bonds is 4. The van der Waals surface area contributed by atoms with Crippen LogP contribution in [-0.4, -0.2) is 17.6 Å². The molecule has 0 fully saturated rings. The van der Waals surface area contributed by atoms with Crippen LogP contribution in [0.15, 0.2) is 42.5 Å². The molecule has 0 aromatic heterocycles. The van der Waals surface area contributed by atoms with Gasteiger partial charge in [-0.15, -0.1) is 0 Å². The molecule has 1 amide bonds. The van der Waals surface area contributed by atoms with Crippen LogP contribution in [-0.2, 0) is 11.3 Å². The fraction of sp³-hybridized carbons (Fsp3) is 0.118. The quantitative estimate of drug-likeness (QED) is 0.524. The molecule has 2 aromatic carbocycles. The van der Waals surface area contributed by atoms with E-state index < -0.39 is 28.3 Å². The van der Waals surface area contributed by atoms with E-state index in [0.29, 0.717) is 12.1 Å². The molecule has 0 aliphatic rings. The van der Waals surface area contributed by atoms with Crippen molar-refractivity contribution in [2.45, 2.75) is 6.61 Å². The molecule has 0 unspecified atom stereocenters. The Hall–Kier alpha value is -3.47. The second-order valence-corrected chi connectivity index (χ2v) is 4.76. The number of alkyl carbamates (subject to hydrolysis) is 1. The van der Waals surface area contributed by atoms with Crippen LogP contribution >= 0.6 is 0 Å². The third-order valence-electron chi connectivity index (χ3n) is 2.99. The first-order valence-corrected chi connectivity index (χ1v) is 7.04. The van der Waals surface area contributed by atoms with Crippen molar-refractivity contribution in [2.75, 3.05) is 6.54 Å². The van der Waals surface area contributed by atoms with Crippen LogP contribution in [0.2, 0.25) is 0 Å². The number of nitro benzene ring substituents is 1. The van der Waals surface area contributed by atoms with E-state index in [1.807, 2.05) is 6.07 Å². The standard InChI is InChI=1S/C17H12F2N2O4/c18-14-10-15(19)16(21(23)24)9-13(14)7-4-8-20-17(22)25-11-12-5-2-1-3-6-12/h1-3,5-6,9-10H,8,11H2,(H,20,22). The minimum atomic E-state index is -1.28. The number of benzene rings is 2. The molecule has 128 valence electrons. The van der Waals surface area contributed by atoms with Gasteiger partial charge in [0.1, 0.15) is 12.4 Å². The van der Waals surface area contributed by atoms with Crippen LogP contribution in [0.3, 0.4) is 0 Å². The Balaban J connectivity index is 1.89. The number of hydrogen-bond acceptors (Lipinski definition) is 4. The van der Waals surface area contributed by atoms with Crippen LogP contribution in [0.5, 0.6) is 0 Å². The zero-order valence-corrected chi connectivity index (χ0v) is 12.8. The highest BCUT2D eigenvalue weighted by molar-refractivity contribution is 5.67. The highest BCUT2D eigenvalue weighted by Gasteiger charge is 2.17. The lowest BCUT2D eigenvalue weighted by Crippen LogP contribution is -2.24. The Labute approximate surface area is 141 Å². The van der Waals surface area contributed by atoms with Crippen LogP contribution < -0.4 is 5.32 Å². The van der Waals surface area contributed by atoms with Crippen molar-refractivity contribution in [3.8, 4) is 11.8 Å². The number of nitrogens with zero attached hydrogens (tertiary/aromatic N) is 1. The van der Waals surface area contributed by atoms with Crippen molar-refractivity contribution >= 4 is 11.8 Å². The molecule has 2 rings (SSSR count). The van der Waals surface area contributed by atoms with Crippen molar-refractivity contribution < 1.29 is 23.2 Å². The smallest absolute Gasteiger partial charge is 0.408 e. The minimum absolute atomic E-state index is 0.0822. The van der Waals surface area contributed by atoms with E-state index in [1.54, 1.807) is 24.3 Å². The molecule has 0 radical (unpaired) electrons. The van der Waals surface area contributed by atoms with Gasteiger partial charge in [-0.2, -0.15) is 4.39 Å². The van der Waals surface area contributed by atoms with Crippen molar-refractivity contribution in [3.63, 3.8) is 0 Å². The van der Waals surface area contributed by atoms with E-state index in [0.717, 1.165) is 5.56 Å². The molecule has 0 aliphatic heterocycles. The SMILES string of the molecule is O=C(NCC#Cc1cc([N+](=O)[O-])c(F)cc1F)OCc1ccccc1. The van der Waals surface area contributed by atoms with E-state index in [-0.39, 0.29) is 18.7 Å². The van der Waals surface area contributed by atoms with Crippen LogP contribution in [0.25, 0.3) is 0 Å². The predicted octanol–water partition coefficient (Wildman–Crippen LogP) is 3.15. The number of nitrogens with one attached hydrogen (secondary N) is 1. The number of halogens is 2. The Morgan fingerprint density at radius 2 is 1.92 bits per heavy atom. The molecule has 0 bridgehead atoms. The van der Waals surface area contributed by atoms with Crippen molar-refractivity contribution in [3.05, 3.63) is 75.3 Å². The van der Waals surface area contributed by atoms with Crippen molar-refractivity contribution in [1.82, 2.24) is 5.32 Å². The Bertz CT molecular complexity index is 845. The predicted molar refractivity (Wildman–Crippen MR) is 84.5 cm³/mol. The number of hydrogen-bond donors (Lipinski definition) is 1. The molecule has 0 atom stereocenters. The number of ether oxygens (including phenoxy) is 1. The first kappa shape index (κ1) is 17.9. The van der Waals surface area contributed by atoms with Gasteiger partial charge < -0.3 is 10.1 Å². The normalized spacial score (nSPS) is 9.68. The first-order chi connectivity index (χ1) is 12.0. The lowest BCUT2D eigenvalue weighted by atomic mass is 10.2. The monoisotopic (exact) mass is 346 g/mol. The molecule has 1 N–H and O–H groups in total. The average Bonchev–Trinajstić information content (AvgIpc) is 2.59. The van der Waals surface area contributed by atoms with Crippen LogP contribution in [0.4, 0.5) is 19.3 Å². The van der Waals surface area contributed by atoms with Crippen LogP contribution in [0, 0.1) is 33.6 Å². The molecule has 0 spiro atoms. The van der Waals surface area contributed by atoms with Gasteiger partial charge in [-0.3, -0.25) is 10.1 Å². The van der Waals surface area contributed by atoms with Crippen molar-refractivity contribution in [2.24, 2.45) is 0 Å². The molecule has 0 aliphatic carbocycles. The summed E-state index contributed by atoms with van der Waals surface area (Å²) < 4.78 is 31.6. The second kappa shape index (κ2) is 8.40. The second-order valence-electron chi connectivity index (χ2n) is 4.76. The molecule has 0 saturated heterocycles. The van der Waals surface area contributed by atoms with Gasteiger partial charge in [0.25, 0.3) is 0 Å². The third kappa shape index (κ3) is 5.28. The average molecular weight is 346 g/mol. The highest BCUT2D eigenvalue weighted by atomic mass is 19.1. The summed E-state index contributed by atoms with van der Waals surface area (Å²) in [5.41, 5.74) is -0.405. The first-order valence-electron chi connectivity index (χ1n) is 7.04. The van der Waals surface area contributed by atoms with Gasteiger partial charge in [-0.25, -0.2) is 9.18 Å². The summed E-state index contributed by atoms with van der Waals surface area (Å²) in [6.07, 6.45) is -0.719. The molecular formula is C17H12F2N2O4. The Kier molecular flexibility index (Phi) is 6.01. The summed E-state index contributed by atoms with van der Waals surface area (Å²) in [4.78, 5) is 21.1. The zero-order chi connectivity index (χ0) is 18.2. The van der Waals surface area contributed by atoms with E-state index in [1.165, 1.54) is 0 Å². The Morgan fingerprint density at radius 3 is 2.60 bits per heavy atom. The maximum atomic E-state index is 13.5. The van der Waals surface area contributed by atoms with Gasteiger partial charge >= 0.3 is 11.8 Å². The summed E-state index contributed by atoms with van der Waals surface area (Å²) in [6.45, 7) is -0.0862. The minimum Gasteiger partial charge on any atom is -0.445 e. The number of carbonyl (C=O) groups excluding carboxylic acids is 1. The summed E-state index contributed by atoms with van der Waals surface area (Å²) >= 11 is 0. The maximum absolute atomic E-state index is 13.5. The van der Waals surface area contributed by atoms with Crippen LogP contribution in [0.1, 0.15) is 11.1 Å². The fourth-order valence-electron chi connectivity index (χ4n) is 1.80. The van der Waals surface area contributed by atoms with Gasteiger partial charge in [0.2, 0.25) is 5.82 Å². The molecule has 0 saturated carbocycles. The molecule has 6 nitrogen and oxygen atoms in total. The Morgan fingerprint density at radius 1 is 1.20 bits per heavy atom. The molecule has 2 aromatic rings. The van der Waals surface area contributed by atoms with Crippen molar-refractivity contribution in [1.29, 1.82) is 0 Å². The number of nitro groups is 1. The largest absolute Gasteiger partial charge is 0.445 e. The number of carbonyl (C=O) groups is 1. The van der Waals surface area contributed by atoms with Gasteiger partial charge in [0.05, 0.1) is 17.0 Å². The summed E-state index contributed by atoms with van der Waals surface area (Å²) in [5, 5.41) is 12.9. The van der Waals surface area contributed by atoms with E-state index in [9.17, 15) is 23.7 Å². The van der Waals surface area contributed by atoms with Gasteiger partial charge in [0, 0.05) is 12.1 Å². The third-order valence-corrected chi connectivity index (χ3v) is 2.99. The van der Waals surface area contributed by atoms with E-state index >= 15 is 0 Å². The molecule has 25 heavy (non-hydrogen) atoms. The highest BCUT2D eigenvalue weighted by Crippen LogP contribution is 2.20. The molecule has 0 heterocycles. The lowest BCUT2D eigenvalue weighted by Gasteiger charge is -2.04. The summed E-state index contributed by atoms with van der Waals surface area (Å²) in [6, 6.07) is 10.1. The number of amides is 1. The van der Waals surface area contributed by atoms with E-state index in [4.69, 9.17) is 4.74 Å². The summed E-state index contributed by atoms with van der Waals surface area (Å²) in [5.74, 6) is 2.40. The molecular weight excluding hydrogens is 334 g/mol. The zero-order valence-electron chi connectivity index (χ0n) is 12.8. The summed E-state index contributed by atoms with van der Waals surface area (Å²) in [7, 11) is 0. The van der Waals surface area contributed by atoms with E-state index in [2.05, 4.69) is 17.2 Å². The van der Waals surface area contributed by atoms with Gasteiger partial charge in [-0.1, -0.05) is 42.2 Å². The van der Waals surface area contributed by atoms with Gasteiger partial charge in [0.15, 0.2) is 0 Å². The van der Waals surface area contributed by atoms with Gasteiger partial charge in [-0.05, 0) is 5.56 Å². The lowest BCUT2D eigenvalue weighted by molar-refractivity contribution is -0.387. The topological polar surface area (TPSA) is 81.5 Å². The molecule has 8 heteroatoms. The fourth-order valence-corrected chi connectivity index (χ4v) is 1.80. The maximum Gasteiger partial charge on any atom is 0.408 e.